The number of aryl methyl sites for hydroxylation is 1. The van der Waals surface area contributed by atoms with Crippen LogP contribution in [0, 0.1) is 0 Å². The van der Waals surface area contributed by atoms with E-state index in [4.69, 9.17) is 11.6 Å². The number of hydrogen-bond acceptors (Lipinski definition) is 4. The molecule has 0 aromatic heterocycles. The number of halogens is 1. The minimum atomic E-state index is -3.58. The highest BCUT2D eigenvalue weighted by Crippen LogP contribution is 2.48. The molecule has 0 unspecified atom stereocenters. The van der Waals surface area contributed by atoms with E-state index in [9.17, 15) is 9.36 Å². The van der Waals surface area contributed by atoms with E-state index in [1.807, 2.05) is 12.1 Å². The minimum absolute atomic E-state index is 0.112. The van der Waals surface area contributed by atoms with E-state index in [1.54, 1.807) is 12.1 Å². The van der Waals surface area contributed by atoms with Crippen LogP contribution in [0.4, 0.5) is 0 Å². The van der Waals surface area contributed by atoms with Gasteiger partial charge in [-0.2, -0.15) is 0 Å². The van der Waals surface area contributed by atoms with Gasteiger partial charge >= 0.3 is 7.60 Å². The Bertz CT molecular complexity index is 422. The Morgan fingerprint density at radius 2 is 1.76 bits per heavy atom. The van der Waals surface area contributed by atoms with Crippen LogP contribution in [0.5, 0.6) is 0 Å². The zero-order valence-corrected chi connectivity index (χ0v) is 11.3. The van der Waals surface area contributed by atoms with Crippen LogP contribution in [0.3, 0.4) is 0 Å². The minimum Gasteiger partial charge on any atom is -0.307 e. The molecule has 4 nitrogen and oxygen atoms in total. The van der Waals surface area contributed by atoms with Gasteiger partial charge in [0.25, 0.3) is 0 Å². The van der Waals surface area contributed by atoms with Crippen LogP contribution in [-0.4, -0.2) is 19.7 Å². The third-order valence-corrected chi connectivity index (χ3v) is 4.37. The normalized spacial score (nSPS) is 11.5. The second-order valence-electron chi connectivity index (χ2n) is 3.38. The van der Waals surface area contributed by atoms with Crippen molar-refractivity contribution in [3.63, 3.8) is 0 Å². The van der Waals surface area contributed by atoms with Crippen molar-refractivity contribution < 1.29 is 18.4 Å². The summed E-state index contributed by atoms with van der Waals surface area (Å²) >= 11 is 5.74. The highest BCUT2D eigenvalue weighted by molar-refractivity contribution is 7.71. The summed E-state index contributed by atoms with van der Waals surface area (Å²) in [6.45, 7) is 0. The lowest BCUT2D eigenvalue weighted by molar-refractivity contribution is -0.113. The predicted molar refractivity (Wildman–Crippen MR) is 66.4 cm³/mol. The second-order valence-corrected chi connectivity index (χ2v) is 6.04. The lowest BCUT2D eigenvalue weighted by Gasteiger charge is -2.11. The van der Waals surface area contributed by atoms with Gasteiger partial charge in [-0.15, -0.1) is 0 Å². The van der Waals surface area contributed by atoms with Crippen LogP contribution in [0.2, 0.25) is 5.02 Å². The fourth-order valence-corrected chi connectivity index (χ4v) is 2.39. The average molecular weight is 277 g/mol. The summed E-state index contributed by atoms with van der Waals surface area (Å²) in [5.41, 5.74) is 0.430. The number of hydrogen-bond donors (Lipinski definition) is 0. The van der Waals surface area contributed by atoms with Crippen LogP contribution in [0.1, 0.15) is 12.0 Å². The molecule has 17 heavy (non-hydrogen) atoms. The Kier molecular flexibility index (Phi) is 5.34. The SMILES string of the molecule is COP(=O)(OC)C(=O)CCc1ccc(Cl)cc1. The number of carbonyl (C=O) groups excluding carboxylic acids is 1. The molecule has 0 aliphatic heterocycles. The molecule has 0 heterocycles. The molecule has 0 aliphatic rings. The second kappa shape index (κ2) is 6.31. The summed E-state index contributed by atoms with van der Waals surface area (Å²) in [5.74, 6) is 0. The van der Waals surface area contributed by atoms with E-state index < -0.39 is 13.1 Å². The third kappa shape index (κ3) is 3.93. The average Bonchev–Trinajstić information content (AvgIpc) is 2.36. The monoisotopic (exact) mass is 276 g/mol. The Morgan fingerprint density at radius 1 is 1.24 bits per heavy atom. The molecule has 0 amide bonds. The lowest BCUT2D eigenvalue weighted by Crippen LogP contribution is -2.04. The summed E-state index contributed by atoms with van der Waals surface area (Å²) in [5, 5.41) is 0.638. The molecule has 0 aliphatic carbocycles. The molecular formula is C11H14ClO4P. The van der Waals surface area contributed by atoms with Gasteiger partial charge in [-0.1, -0.05) is 23.7 Å². The van der Waals surface area contributed by atoms with Crippen LogP contribution in [-0.2, 0) is 24.8 Å². The molecule has 0 saturated carbocycles. The van der Waals surface area contributed by atoms with E-state index in [2.05, 4.69) is 9.05 Å². The first-order chi connectivity index (χ1) is 8.01. The van der Waals surface area contributed by atoms with Crippen molar-refractivity contribution in [3.05, 3.63) is 34.9 Å². The van der Waals surface area contributed by atoms with Crippen LogP contribution in [0.25, 0.3) is 0 Å². The summed E-state index contributed by atoms with van der Waals surface area (Å²) in [6, 6.07) is 7.13. The zero-order chi connectivity index (χ0) is 12.9. The van der Waals surface area contributed by atoms with Crippen molar-refractivity contribution in [2.45, 2.75) is 12.8 Å². The van der Waals surface area contributed by atoms with Crippen LogP contribution >= 0.6 is 19.2 Å². The summed E-state index contributed by atoms with van der Waals surface area (Å²) < 4.78 is 20.9. The molecule has 0 N–H and O–H groups in total. The van der Waals surface area contributed by atoms with Gasteiger partial charge in [0.1, 0.15) is 0 Å². The van der Waals surface area contributed by atoms with Crippen molar-refractivity contribution in [1.82, 2.24) is 0 Å². The molecule has 6 heteroatoms. The summed E-state index contributed by atoms with van der Waals surface area (Å²) in [4.78, 5) is 11.6. The third-order valence-electron chi connectivity index (χ3n) is 2.33. The fraction of sp³-hybridized carbons (Fsp3) is 0.364. The van der Waals surface area contributed by atoms with Crippen molar-refractivity contribution in [3.8, 4) is 0 Å². The number of rotatable bonds is 6. The predicted octanol–water partition coefficient (Wildman–Crippen LogP) is 3.29. The van der Waals surface area contributed by atoms with E-state index in [0.717, 1.165) is 5.56 Å². The molecule has 0 fully saturated rings. The molecule has 0 spiro atoms. The van der Waals surface area contributed by atoms with Gasteiger partial charge < -0.3 is 9.05 Å². The maximum atomic E-state index is 11.7. The molecule has 0 atom stereocenters. The van der Waals surface area contributed by atoms with Gasteiger partial charge in [-0.05, 0) is 24.1 Å². The van der Waals surface area contributed by atoms with E-state index in [0.29, 0.717) is 11.4 Å². The van der Waals surface area contributed by atoms with E-state index in [-0.39, 0.29) is 6.42 Å². The van der Waals surface area contributed by atoms with Crippen molar-refractivity contribution in [2.24, 2.45) is 0 Å². The molecule has 1 aromatic rings. The molecule has 1 aromatic carbocycles. The molecule has 0 bridgehead atoms. The van der Waals surface area contributed by atoms with Gasteiger partial charge in [0.2, 0.25) is 5.52 Å². The van der Waals surface area contributed by atoms with Gasteiger partial charge in [-0.25, -0.2) is 0 Å². The molecule has 94 valence electrons. The molecule has 0 saturated heterocycles. The maximum Gasteiger partial charge on any atom is 0.396 e. The Hall–Kier alpha value is -0.670. The quantitative estimate of drug-likeness (QED) is 0.748. The number of benzene rings is 1. The van der Waals surface area contributed by atoms with E-state index in [1.165, 1.54) is 14.2 Å². The largest absolute Gasteiger partial charge is 0.396 e. The van der Waals surface area contributed by atoms with Gasteiger partial charge in [0.15, 0.2) is 0 Å². The smallest absolute Gasteiger partial charge is 0.307 e. The standard InChI is InChI=1S/C11H14ClO4P/c1-15-17(14,16-2)11(13)8-5-9-3-6-10(12)7-4-9/h3-4,6-7H,5,8H2,1-2H3. The molecule has 0 radical (unpaired) electrons. The Morgan fingerprint density at radius 3 is 2.24 bits per heavy atom. The van der Waals surface area contributed by atoms with E-state index >= 15 is 0 Å². The first-order valence-corrected chi connectivity index (χ1v) is 6.93. The first-order valence-electron chi connectivity index (χ1n) is 5.01. The van der Waals surface area contributed by atoms with Crippen molar-refractivity contribution >= 4 is 24.7 Å². The molecular weight excluding hydrogens is 263 g/mol. The van der Waals surface area contributed by atoms with Gasteiger partial charge in [0, 0.05) is 25.7 Å². The zero-order valence-electron chi connectivity index (χ0n) is 9.68. The van der Waals surface area contributed by atoms with Crippen molar-refractivity contribution in [2.75, 3.05) is 14.2 Å². The summed E-state index contributed by atoms with van der Waals surface area (Å²) in [6.07, 6.45) is 0.591. The summed E-state index contributed by atoms with van der Waals surface area (Å²) in [7, 11) is -1.19. The van der Waals surface area contributed by atoms with Crippen LogP contribution in [0.15, 0.2) is 24.3 Å². The Labute approximate surface area is 105 Å². The lowest BCUT2D eigenvalue weighted by atomic mass is 10.1. The Balaban J connectivity index is 2.59. The van der Waals surface area contributed by atoms with Gasteiger partial charge in [0.05, 0.1) is 0 Å². The van der Waals surface area contributed by atoms with Crippen LogP contribution < -0.4 is 0 Å². The first kappa shape index (κ1) is 14.4. The fourth-order valence-electron chi connectivity index (χ4n) is 1.32. The number of carbonyl (C=O) groups is 1. The van der Waals surface area contributed by atoms with Gasteiger partial charge in [-0.3, -0.25) is 9.36 Å². The highest BCUT2D eigenvalue weighted by atomic mass is 35.5. The molecule has 1 rings (SSSR count). The topological polar surface area (TPSA) is 52.6 Å². The maximum absolute atomic E-state index is 11.7. The highest BCUT2D eigenvalue weighted by Gasteiger charge is 2.31. The van der Waals surface area contributed by atoms with Crippen molar-refractivity contribution in [1.29, 1.82) is 0 Å².